The maximum Gasteiger partial charge on any atom is 0.231 e. The van der Waals surface area contributed by atoms with Gasteiger partial charge in [-0.05, 0) is 31.2 Å². The Morgan fingerprint density at radius 1 is 1.12 bits per heavy atom. The summed E-state index contributed by atoms with van der Waals surface area (Å²) in [6.07, 6.45) is 3.57. The van der Waals surface area contributed by atoms with E-state index >= 15 is 0 Å². The van der Waals surface area contributed by atoms with Crippen LogP contribution in [0.4, 0.5) is 11.5 Å². The van der Waals surface area contributed by atoms with Crippen molar-refractivity contribution in [3.8, 4) is 0 Å². The number of nitrogens with zero attached hydrogens (tertiary/aromatic N) is 3. The fourth-order valence-electron chi connectivity index (χ4n) is 3.34. The topological polar surface area (TPSA) is 48.5 Å². The number of piperazine rings is 1. The van der Waals surface area contributed by atoms with Gasteiger partial charge >= 0.3 is 0 Å². The molecule has 1 aliphatic rings. The third-order valence-corrected chi connectivity index (χ3v) is 4.94. The number of likely N-dealkylation sites (N-methyl/N-ethyl adjacent to an activating group) is 1. The molecule has 26 heavy (non-hydrogen) atoms. The van der Waals surface area contributed by atoms with E-state index in [-0.39, 0.29) is 11.8 Å². The number of amides is 1. The van der Waals surface area contributed by atoms with Crippen LogP contribution in [-0.4, -0.2) is 49.0 Å². The van der Waals surface area contributed by atoms with Crippen LogP contribution in [-0.2, 0) is 4.79 Å². The van der Waals surface area contributed by atoms with Crippen molar-refractivity contribution in [2.45, 2.75) is 25.7 Å². The van der Waals surface area contributed by atoms with E-state index in [4.69, 9.17) is 0 Å². The average Bonchev–Trinajstić information content (AvgIpc) is 2.68. The molecule has 1 aromatic carbocycles. The molecule has 1 aromatic heterocycles. The second-order valence-corrected chi connectivity index (χ2v) is 6.94. The molecule has 0 bridgehead atoms. The van der Waals surface area contributed by atoms with Gasteiger partial charge in [-0.1, -0.05) is 43.7 Å². The van der Waals surface area contributed by atoms with Crippen molar-refractivity contribution >= 4 is 17.4 Å². The molecule has 5 heteroatoms. The van der Waals surface area contributed by atoms with Crippen molar-refractivity contribution in [1.29, 1.82) is 0 Å². The van der Waals surface area contributed by atoms with Gasteiger partial charge in [0.1, 0.15) is 5.82 Å². The van der Waals surface area contributed by atoms with Crippen LogP contribution in [0.2, 0.25) is 0 Å². The highest BCUT2D eigenvalue weighted by molar-refractivity contribution is 5.95. The minimum Gasteiger partial charge on any atom is -0.354 e. The third-order valence-electron chi connectivity index (χ3n) is 4.94. The van der Waals surface area contributed by atoms with Gasteiger partial charge in [0, 0.05) is 26.2 Å². The minimum atomic E-state index is -0.126. The van der Waals surface area contributed by atoms with E-state index in [0.29, 0.717) is 0 Å². The zero-order chi connectivity index (χ0) is 18.4. The quantitative estimate of drug-likeness (QED) is 0.866. The standard InChI is InChI=1S/C21H28N4O/c1-3-7-19(17-8-5-4-6-9-17)21(26)23-18-10-11-20(22-16-18)25-14-12-24(2)13-15-25/h4-6,8-11,16,19H,3,7,12-15H2,1-2H3,(H,23,26)/t19-/m0/s1. The fourth-order valence-corrected chi connectivity index (χ4v) is 3.34. The second kappa shape index (κ2) is 8.81. The molecule has 2 heterocycles. The first kappa shape index (κ1) is 18.4. The van der Waals surface area contributed by atoms with Gasteiger partial charge in [0.2, 0.25) is 5.91 Å². The molecule has 1 atom stereocenters. The minimum absolute atomic E-state index is 0.0344. The summed E-state index contributed by atoms with van der Waals surface area (Å²) in [6, 6.07) is 13.9. The van der Waals surface area contributed by atoms with Crippen molar-refractivity contribution in [3.63, 3.8) is 0 Å². The summed E-state index contributed by atoms with van der Waals surface area (Å²) in [5.41, 5.74) is 1.82. The molecule has 1 fully saturated rings. The Kier molecular flexibility index (Phi) is 6.23. The van der Waals surface area contributed by atoms with Crippen molar-refractivity contribution in [2.75, 3.05) is 43.4 Å². The maximum absolute atomic E-state index is 12.8. The summed E-state index contributed by atoms with van der Waals surface area (Å²) < 4.78 is 0. The number of nitrogens with one attached hydrogen (secondary N) is 1. The SMILES string of the molecule is CCC[C@H](C(=O)Nc1ccc(N2CCN(C)CC2)nc1)c1ccccc1. The number of benzene rings is 1. The Morgan fingerprint density at radius 2 is 1.85 bits per heavy atom. The fraction of sp³-hybridized carbons (Fsp3) is 0.429. The van der Waals surface area contributed by atoms with Gasteiger partial charge in [0.25, 0.3) is 0 Å². The number of pyridine rings is 1. The lowest BCUT2D eigenvalue weighted by Gasteiger charge is -2.33. The molecule has 0 aliphatic carbocycles. The van der Waals surface area contributed by atoms with Gasteiger partial charge in [-0.2, -0.15) is 0 Å². The Morgan fingerprint density at radius 3 is 2.46 bits per heavy atom. The van der Waals surface area contributed by atoms with Crippen LogP contribution in [0.25, 0.3) is 0 Å². The Labute approximate surface area is 156 Å². The van der Waals surface area contributed by atoms with Crippen LogP contribution in [0.3, 0.4) is 0 Å². The van der Waals surface area contributed by atoms with Crippen LogP contribution in [0.15, 0.2) is 48.7 Å². The van der Waals surface area contributed by atoms with Crippen LogP contribution in [0.5, 0.6) is 0 Å². The molecule has 0 radical (unpaired) electrons. The second-order valence-electron chi connectivity index (χ2n) is 6.94. The van der Waals surface area contributed by atoms with Gasteiger partial charge in [-0.15, -0.1) is 0 Å². The molecule has 1 aliphatic heterocycles. The Balaban J connectivity index is 1.65. The molecule has 1 saturated heterocycles. The number of hydrogen-bond donors (Lipinski definition) is 1. The lowest BCUT2D eigenvalue weighted by molar-refractivity contribution is -0.117. The number of carbonyl (C=O) groups is 1. The van der Waals surface area contributed by atoms with Crippen molar-refractivity contribution in [1.82, 2.24) is 9.88 Å². The van der Waals surface area contributed by atoms with E-state index < -0.39 is 0 Å². The van der Waals surface area contributed by atoms with Gasteiger partial charge in [-0.3, -0.25) is 4.79 Å². The van der Waals surface area contributed by atoms with Gasteiger partial charge < -0.3 is 15.1 Å². The smallest absolute Gasteiger partial charge is 0.231 e. The summed E-state index contributed by atoms with van der Waals surface area (Å²) in [4.78, 5) is 21.9. The molecule has 2 aromatic rings. The van der Waals surface area contributed by atoms with Gasteiger partial charge in [-0.25, -0.2) is 4.98 Å². The molecular weight excluding hydrogens is 324 g/mol. The largest absolute Gasteiger partial charge is 0.354 e. The molecule has 138 valence electrons. The first-order valence-electron chi connectivity index (χ1n) is 9.42. The predicted molar refractivity (Wildman–Crippen MR) is 107 cm³/mol. The van der Waals surface area contributed by atoms with E-state index in [1.54, 1.807) is 6.20 Å². The molecule has 5 nitrogen and oxygen atoms in total. The van der Waals surface area contributed by atoms with Crippen LogP contribution in [0.1, 0.15) is 31.2 Å². The van der Waals surface area contributed by atoms with Gasteiger partial charge in [0.05, 0.1) is 17.8 Å². The van der Waals surface area contributed by atoms with E-state index in [1.807, 2.05) is 42.5 Å². The molecule has 1 amide bonds. The first-order chi connectivity index (χ1) is 12.7. The molecule has 0 saturated carbocycles. The number of aromatic nitrogens is 1. The number of rotatable bonds is 6. The first-order valence-corrected chi connectivity index (χ1v) is 9.42. The summed E-state index contributed by atoms with van der Waals surface area (Å²) >= 11 is 0. The maximum atomic E-state index is 12.8. The molecule has 1 N–H and O–H groups in total. The van der Waals surface area contributed by atoms with Crippen molar-refractivity contribution < 1.29 is 4.79 Å². The van der Waals surface area contributed by atoms with E-state index in [1.165, 1.54) is 0 Å². The molecular formula is C21H28N4O. The lowest BCUT2D eigenvalue weighted by atomic mass is 9.93. The van der Waals surface area contributed by atoms with Crippen LogP contribution < -0.4 is 10.2 Å². The highest BCUT2D eigenvalue weighted by atomic mass is 16.1. The lowest BCUT2D eigenvalue weighted by Crippen LogP contribution is -2.44. The Hall–Kier alpha value is -2.40. The van der Waals surface area contributed by atoms with E-state index in [0.717, 1.165) is 56.1 Å². The summed E-state index contributed by atoms with van der Waals surface area (Å²) in [6.45, 7) is 6.19. The highest BCUT2D eigenvalue weighted by Gasteiger charge is 2.20. The van der Waals surface area contributed by atoms with Crippen molar-refractivity contribution in [2.24, 2.45) is 0 Å². The summed E-state index contributed by atoms with van der Waals surface area (Å²) in [7, 11) is 2.14. The van der Waals surface area contributed by atoms with Crippen molar-refractivity contribution in [3.05, 3.63) is 54.2 Å². The van der Waals surface area contributed by atoms with E-state index in [2.05, 4.69) is 34.1 Å². The molecule has 0 spiro atoms. The monoisotopic (exact) mass is 352 g/mol. The number of hydrogen-bond acceptors (Lipinski definition) is 4. The van der Waals surface area contributed by atoms with Gasteiger partial charge in [0.15, 0.2) is 0 Å². The van der Waals surface area contributed by atoms with Crippen LogP contribution in [0, 0.1) is 0 Å². The molecule has 0 unspecified atom stereocenters. The molecule has 3 rings (SSSR count). The highest BCUT2D eigenvalue weighted by Crippen LogP contribution is 2.24. The number of anilines is 2. The number of carbonyl (C=O) groups excluding carboxylic acids is 1. The third kappa shape index (κ3) is 4.61. The summed E-state index contributed by atoms with van der Waals surface area (Å²) in [5.74, 6) is 0.884. The zero-order valence-electron chi connectivity index (χ0n) is 15.7. The van der Waals surface area contributed by atoms with E-state index in [9.17, 15) is 4.79 Å². The van der Waals surface area contributed by atoms with Crippen LogP contribution >= 0.6 is 0 Å². The average molecular weight is 352 g/mol. The Bertz CT molecular complexity index is 694. The zero-order valence-corrected chi connectivity index (χ0v) is 15.7. The normalized spacial score (nSPS) is 16.3. The predicted octanol–water partition coefficient (Wildman–Crippen LogP) is 3.36. The summed E-state index contributed by atoms with van der Waals surface area (Å²) in [5, 5.41) is 3.03.